The summed E-state index contributed by atoms with van der Waals surface area (Å²) in [6, 6.07) is 8.51. The van der Waals surface area contributed by atoms with Gasteiger partial charge in [-0.15, -0.1) is 10.2 Å². The summed E-state index contributed by atoms with van der Waals surface area (Å²) >= 11 is 1.71. The van der Waals surface area contributed by atoms with Crippen molar-refractivity contribution in [1.82, 2.24) is 25.1 Å². The van der Waals surface area contributed by atoms with Crippen LogP contribution in [0.25, 0.3) is 21.7 Å². The average molecular weight is 519 g/mol. The largest absolute Gasteiger partial charge is 0.396 e. The van der Waals surface area contributed by atoms with Crippen LogP contribution in [0.4, 0.5) is 5.95 Å². The highest BCUT2D eigenvalue weighted by atomic mass is 32.1. The number of hydrogen-bond acceptors (Lipinski definition) is 8. The Labute approximate surface area is 224 Å². The van der Waals surface area contributed by atoms with E-state index in [4.69, 9.17) is 9.97 Å². The lowest BCUT2D eigenvalue weighted by Gasteiger charge is -2.35. The normalized spacial score (nSPS) is 23.5. The molecular weight excluding hydrogens is 480 g/mol. The monoisotopic (exact) mass is 518 g/mol. The van der Waals surface area contributed by atoms with E-state index in [0.29, 0.717) is 18.4 Å². The van der Waals surface area contributed by atoms with Gasteiger partial charge in [-0.05, 0) is 55.9 Å². The van der Waals surface area contributed by atoms with Crippen molar-refractivity contribution in [2.75, 3.05) is 44.2 Å². The molecule has 3 aromatic rings. The Morgan fingerprint density at radius 3 is 2.11 bits per heavy atom. The van der Waals surface area contributed by atoms with E-state index in [9.17, 15) is 5.11 Å². The Morgan fingerprint density at radius 2 is 1.43 bits per heavy atom. The van der Waals surface area contributed by atoms with Crippen molar-refractivity contribution in [3.8, 4) is 21.7 Å². The average Bonchev–Trinajstić information content (AvgIpc) is 3.67. The maximum absolute atomic E-state index is 9.39. The molecule has 7 nitrogen and oxygen atoms in total. The van der Waals surface area contributed by atoms with Crippen molar-refractivity contribution >= 4 is 17.3 Å². The Hall–Kier alpha value is -2.42. The molecule has 0 atom stereocenters. The lowest BCUT2D eigenvalue weighted by atomic mass is 9.83. The topological polar surface area (TPSA) is 78.3 Å². The van der Waals surface area contributed by atoms with E-state index in [1.54, 1.807) is 11.3 Å². The third-order valence-electron chi connectivity index (χ3n) is 8.64. The Balaban J connectivity index is 1.04. The van der Waals surface area contributed by atoms with Gasteiger partial charge in [0.25, 0.3) is 0 Å². The number of nitrogens with zero attached hydrogens (tertiary/aromatic N) is 6. The molecule has 37 heavy (non-hydrogen) atoms. The predicted molar refractivity (Wildman–Crippen MR) is 149 cm³/mol. The summed E-state index contributed by atoms with van der Waals surface area (Å²) < 4.78 is 0. The second-order valence-corrected chi connectivity index (χ2v) is 12.1. The Morgan fingerprint density at radius 1 is 0.757 bits per heavy atom. The van der Waals surface area contributed by atoms with Crippen LogP contribution in [0.3, 0.4) is 0 Å². The fraction of sp³-hybridized carbons (Fsp3) is 0.586. The molecule has 0 radical (unpaired) electrons. The van der Waals surface area contributed by atoms with Crippen LogP contribution in [-0.2, 0) is 0 Å². The Kier molecular flexibility index (Phi) is 7.76. The number of rotatable bonds is 7. The van der Waals surface area contributed by atoms with Crippen LogP contribution in [0.15, 0.2) is 36.7 Å². The van der Waals surface area contributed by atoms with E-state index in [1.807, 2.05) is 12.4 Å². The van der Waals surface area contributed by atoms with Gasteiger partial charge in [0.05, 0.1) is 0 Å². The van der Waals surface area contributed by atoms with Gasteiger partial charge in [-0.3, -0.25) is 4.90 Å². The summed E-state index contributed by atoms with van der Waals surface area (Å²) in [4.78, 5) is 14.4. The van der Waals surface area contributed by atoms with Gasteiger partial charge in [-0.1, -0.05) is 48.4 Å². The quantitative estimate of drug-likeness (QED) is 0.458. The molecule has 196 valence electrons. The fourth-order valence-electron chi connectivity index (χ4n) is 6.24. The van der Waals surface area contributed by atoms with E-state index < -0.39 is 0 Å². The molecule has 2 saturated carbocycles. The van der Waals surface area contributed by atoms with Gasteiger partial charge in [0.15, 0.2) is 0 Å². The second kappa shape index (κ2) is 11.5. The number of aliphatic hydroxyl groups excluding tert-OH is 1. The molecule has 1 aliphatic heterocycles. The van der Waals surface area contributed by atoms with E-state index in [1.165, 1.54) is 32.2 Å². The van der Waals surface area contributed by atoms with E-state index in [0.717, 1.165) is 90.4 Å². The minimum atomic E-state index is 0.311. The zero-order valence-electron chi connectivity index (χ0n) is 21.6. The van der Waals surface area contributed by atoms with Crippen molar-refractivity contribution in [1.29, 1.82) is 0 Å². The molecule has 6 rings (SSSR count). The van der Waals surface area contributed by atoms with Gasteiger partial charge in [0.2, 0.25) is 5.95 Å². The highest BCUT2D eigenvalue weighted by molar-refractivity contribution is 7.14. The first-order valence-electron chi connectivity index (χ1n) is 14.1. The summed E-state index contributed by atoms with van der Waals surface area (Å²) in [5.41, 5.74) is 3.25. The predicted octanol–water partition coefficient (Wildman–Crippen LogP) is 5.24. The zero-order valence-corrected chi connectivity index (χ0v) is 22.5. The van der Waals surface area contributed by atoms with Crippen LogP contribution in [0.1, 0.15) is 62.3 Å². The van der Waals surface area contributed by atoms with E-state index in [-0.39, 0.29) is 0 Å². The summed E-state index contributed by atoms with van der Waals surface area (Å²) in [7, 11) is 0. The minimum absolute atomic E-state index is 0.311. The molecule has 0 bridgehead atoms. The lowest BCUT2D eigenvalue weighted by Crippen LogP contribution is -2.48. The summed E-state index contributed by atoms with van der Waals surface area (Å²) in [6.45, 7) is 5.82. The van der Waals surface area contributed by atoms with Gasteiger partial charge in [0, 0.05) is 68.8 Å². The molecule has 8 heteroatoms. The third kappa shape index (κ3) is 5.86. The molecular formula is C29H38N6OS. The molecule has 1 saturated heterocycles. The first-order valence-corrected chi connectivity index (χ1v) is 14.9. The smallest absolute Gasteiger partial charge is 0.225 e. The number of piperazine rings is 1. The summed E-state index contributed by atoms with van der Waals surface area (Å²) in [5, 5.41) is 20.5. The maximum Gasteiger partial charge on any atom is 0.225 e. The van der Waals surface area contributed by atoms with Crippen molar-refractivity contribution in [3.63, 3.8) is 0 Å². The van der Waals surface area contributed by atoms with E-state index >= 15 is 0 Å². The molecule has 2 aromatic heterocycles. The molecule has 3 aliphatic rings. The number of hydrogen-bond donors (Lipinski definition) is 1. The molecule has 3 heterocycles. The van der Waals surface area contributed by atoms with Crippen molar-refractivity contribution in [2.45, 2.75) is 57.3 Å². The summed E-state index contributed by atoms with van der Waals surface area (Å²) in [6.07, 6.45) is 14.0. The third-order valence-corrected chi connectivity index (χ3v) is 9.78. The Bertz CT molecular complexity index is 1130. The highest BCUT2D eigenvalue weighted by Crippen LogP contribution is 2.38. The van der Waals surface area contributed by atoms with Crippen LogP contribution in [-0.4, -0.2) is 69.5 Å². The van der Waals surface area contributed by atoms with E-state index in [2.05, 4.69) is 44.3 Å². The number of aliphatic hydroxyl groups is 1. The fourth-order valence-corrected chi connectivity index (χ4v) is 7.25. The van der Waals surface area contributed by atoms with Crippen LogP contribution < -0.4 is 4.90 Å². The van der Waals surface area contributed by atoms with Crippen molar-refractivity contribution in [3.05, 3.63) is 41.7 Å². The highest BCUT2D eigenvalue weighted by Gasteiger charge is 2.25. The van der Waals surface area contributed by atoms with Crippen LogP contribution in [0, 0.1) is 11.8 Å². The maximum atomic E-state index is 9.39. The van der Waals surface area contributed by atoms with Crippen molar-refractivity contribution in [2.24, 2.45) is 11.8 Å². The number of aromatic nitrogens is 4. The minimum Gasteiger partial charge on any atom is -0.396 e. The van der Waals surface area contributed by atoms with Gasteiger partial charge >= 0.3 is 0 Å². The van der Waals surface area contributed by atoms with Crippen molar-refractivity contribution < 1.29 is 5.11 Å². The molecule has 0 spiro atoms. The molecule has 0 unspecified atom stereocenters. The molecule has 1 aromatic carbocycles. The van der Waals surface area contributed by atoms with Crippen LogP contribution in [0.2, 0.25) is 0 Å². The van der Waals surface area contributed by atoms with Gasteiger partial charge < -0.3 is 10.0 Å². The first kappa shape index (κ1) is 24.9. The standard InChI is InChI=1S/C29H38N6OS/c36-20-22-5-7-24(8-6-22)27-32-33-28(37-27)25-11-9-23(10-12-25)26-17-30-29(31-18-26)35-15-13-34(14-16-35)19-21-3-1-2-4-21/h9-12,17-18,21-22,24,36H,1-8,13-16,19-20H2. The lowest BCUT2D eigenvalue weighted by molar-refractivity contribution is 0.182. The number of benzene rings is 1. The van der Waals surface area contributed by atoms with Crippen LogP contribution in [0.5, 0.6) is 0 Å². The van der Waals surface area contributed by atoms with Gasteiger partial charge in [-0.25, -0.2) is 9.97 Å². The van der Waals surface area contributed by atoms with Crippen LogP contribution >= 0.6 is 11.3 Å². The molecule has 1 N–H and O–H groups in total. The van der Waals surface area contributed by atoms with Gasteiger partial charge in [0.1, 0.15) is 10.0 Å². The molecule has 3 fully saturated rings. The molecule has 0 amide bonds. The second-order valence-electron chi connectivity index (χ2n) is 11.1. The van der Waals surface area contributed by atoms with Gasteiger partial charge in [-0.2, -0.15) is 0 Å². The summed E-state index contributed by atoms with van der Waals surface area (Å²) in [5.74, 6) is 2.71. The number of anilines is 1. The SMILES string of the molecule is OCC1CCC(c2nnc(-c3ccc(-c4cnc(N5CCN(CC6CCCC6)CC5)nc4)cc3)s2)CC1. The first-order chi connectivity index (χ1) is 18.2. The zero-order chi connectivity index (χ0) is 25.0. The molecule has 2 aliphatic carbocycles.